The van der Waals surface area contributed by atoms with Crippen LogP contribution in [0.1, 0.15) is 5.56 Å². The average Bonchev–Trinajstić information content (AvgIpc) is 3.05. The molecule has 0 aliphatic carbocycles. The number of imidazole rings is 1. The van der Waals surface area contributed by atoms with E-state index < -0.39 is 0 Å². The molecule has 0 bridgehead atoms. The van der Waals surface area contributed by atoms with Gasteiger partial charge in [-0.05, 0) is 55.0 Å². The van der Waals surface area contributed by atoms with Crippen LogP contribution >= 0.6 is 0 Å². The van der Waals surface area contributed by atoms with E-state index in [0.717, 1.165) is 28.2 Å². The maximum atomic E-state index is 9.62. The first-order valence-corrected chi connectivity index (χ1v) is 8.48. The normalized spacial score (nSPS) is 11.3. The molecular weight excluding hydrogens is 340 g/mol. The van der Waals surface area contributed by atoms with Gasteiger partial charge in [0.15, 0.2) is 5.82 Å². The summed E-state index contributed by atoms with van der Waals surface area (Å²) in [5.41, 5.74) is 4.03. The zero-order valence-electron chi connectivity index (χ0n) is 15.0. The third kappa shape index (κ3) is 3.25. The van der Waals surface area contributed by atoms with Crippen molar-refractivity contribution in [3.05, 3.63) is 72.4 Å². The molecule has 134 valence electrons. The molecule has 0 amide bonds. The number of nitrogens with zero attached hydrogens (tertiary/aromatic N) is 4. The van der Waals surface area contributed by atoms with E-state index in [1.54, 1.807) is 31.4 Å². The molecule has 4 rings (SSSR count). The Morgan fingerprint density at radius 3 is 2.67 bits per heavy atom. The quantitative estimate of drug-likeness (QED) is 0.494. The Kier molecular flexibility index (Phi) is 4.30. The number of ether oxygens (including phenoxy) is 1. The molecule has 6 nitrogen and oxygen atoms in total. The molecule has 0 aliphatic rings. The summed E-state index contributed by atoms with van der Waals surface area (Å²) in [6.07, 6.45) is 1.90. The predicted octanol–water partition coefficient (Wildman–Crippen LogP) is 5.44. The number of phenols is 1. The van der Waals surface area contributed by atoms with Gasteiger partial charge in [0.05, 0.1) is 12.8 Å². The number of aryl methyl sites for hydroxylation is 1. The van der Waals surface area contributed by atoms with Crippen molar-refractivity contribution < 1.29 is 9.84 Å². The number of hydrogen-bond acceptors (Lipinski definition) is 5. The molecule has 2 aromatic carbocycles. The third-order valence-corrected chi connectivity index (χ3v) is 4.26. The van der Waals surface area contributed by atoms with E-state index in [0.29, 0.717) is 11.5 Å². The highest BCUT2D eigenvalue weighted by atomic mass is 16.5. The molecule has 0 fully saturated rings. The van der Waals surface area contributed by atoms with Crippen LogP contribution in [0, 0.1) is 6.92 Å². The maximum Gasteiger partial charge on any atom is 0.187 e. The maximum absolute atomic E-state index is 9.62. The number of hydrogen-bond donors (Lipinski definition) is 1. The first-order chi connectivity index (χ1) is 13.2. The standard InChI is InChI=1S/C21H18N4O2/c1-14-12-15(9-10-18(14)27-2)20-21(25-11-4-3-8-19(25)22-20)24-23-16-6-5-7-17(26)13-16/h3-13,26H,1-2H3. The van der Waals surface area contributed by atoms with Crippen LogP contribution < -0.4 is 4.74 Å². The minimum Gasteiger partial charge on any atom is -0.508 e. The Morgan fingerprint density at radius 1 is 1.00 bits per heavy atom. The average molecular weight is 358 g/mol. The van der Waals surface area contributed by atoms with Crippen LogP contribution in [0.2, 0.25) is 0 Å². The van der Waals surface area contributed by atoms with Gasteiger partial charge in [-0.1, -0.05) is 12.1 Å². The third-order valence-electron chi connectivity index (χ3n) is 4.26. The topological polar surface area (TPSA) is 71.5 Å². The Hall–Kier alpha value is -3.67. The van der Waals surface area contributed by atoms with Crippen LogP contribution in [-0.4, -0.2) is 21.6 Å². The van der Waals surface area contributed by atoms with Gasteiger partial charge in [0.25, 0.3) is 0 Å². The van der Waals surface area contributed by atoms with Crippen LogP contribution in [0.4, 0.5) is 11.5 Å². The number of aromatic hydroxyl groups is 1. The zero-order valence-corrected chi connectivity index (χ0v) is 15.0. The van der Waals surface area contributed by atoms with Gasteiger partial charge in [-0.15, -0.1) is 10.2 Å². The van der Waals surface area contributed by atoms with Gasteiger partial charge in [0.2, 0.25) is 0 Å². The van der Waals surface area contributed by atoms with Gasteiger partial charge in [-0.25, -0.2) is 4.98 Å². The molecule has 0 aliphatic heterocycles. The molecular formula is C21H18N4O2. The number of pyridine rings is 1. The second kappa shape index (κ2) is 6.92. The highest BCUT2D eigenvalue weighted by Crippen LogP contribution is 2.34. The summed E-state index contributed by atoms with van der Waals surface area (Å²) in [5.74, 6) is 1.60. The van der Waals surface area contributed by atoms with Crippen LogP contribution in [-0.2, 0) is 0 Å². The first kappa shape index (κ1) is 16.8. The molecule has 0 spiro atoms. The summed E-state index contributed by atoms with van der Waals surface area (Å²) < 4.78 is 7.24. The molecule has 2 heterocycles. The Bertz CT molecular complexity index is 1150. The lowest BCUT2D eigenvalue weighted by atomic mass is 10.1. The molecule has 0 radical (unpaired) electrons. The fraction of sp³-hybridized carbons (Fsp3) is 0.0952. The molecule has 6 heteroatoms. The SMILES string of the molecule is COc1ccc(-c2nc3ccccn3c2N=Nc2cccc(O)c2)cc1C. The first-order valence-electron chi connectivity index (χ1n) is 8.48. The van der Waals surface area contributed by atoms with E-state index in [9.17, 15) is 5.11 Å². The second-order valence-corrected chi connectivity index (χ2v) is 6.12. The number of azo groups is 1. The smallest absolute Gasteiger partial charge is 0.187 e. The summed E-state index contributed by atoms with van der Waals surface area (Å²) >= 11 is 0. The van der Waals surface area contributed by atoms with Crippen molar-refractivity contribution in [1.82, 2.24) is 9.38 Å². The number of aromatic nitrogens is 2. The lowest BCUT2D eigenvalue weighted by Gasteiger charge is -2.06. The molecule has 0 saturated heterocycles. The summed E-state index contributed by atoms with van der Waals surface area (Å²) in [7, 11) is 1.65. The van der Waals surface area contributed by atoms with E-state index in [4.69, 9.17) is 9.72 Å². The number of rotatable bonds is 4. The van der Waals surface area contributed by atoms with Crippen LogP contribution in [0.25, 0.3) is 16.9 Å². The molecule has 2 aromatic heterocycles. The summed E-state index contributed by atoms with van der Waals surface area (Å²) in [6, 6.07) is 18.3. The fourth-order valence-corrected chi connectivity index (χ4v) is 2.96. The van der Waals surface area contributed by atoms with Gasteiger partial charge in [-0.2, -0.15) is 0 Å². The molecule has 0 saturated carbocycles. The predicted molar refractivity (Wildman–Crippen MR) is 104 cm³/mol. The Balaban J connectivity index is 1.86. The summed E-state index contributed by atoms with van der Waals surface area (Å²) in [5, 5.41) is 18.3. The van der Waals surface area contributed by atoms with E-state index in [1.807, 2.05) is 53.9 Å². The van der Waals surface area contributed by atoms with Crippen LogP contribution in [0.15, 0.2) is 77.1 Å². The molecule has 0 atom stereocenters. The number of fused-ring (bicyclic) bond motifs is 1. The molecule has 27 heavy (non-hydrogen) atoms. The summed E-state index contributed by atoms with van der Waals surface area (Å²) in [6.45, 7) is 1.99. The van der Waals surface area contributed by atoms with Crippen molar-refractivity contribution >= 4 is 17.2 Å². The lowest BCUT2D eigenvalue weighted by Crippen LogP contribution is -1.88. The minimum atomic E-state index is 0.149. The van der Waals surface area contributed by atoms with Gasteiger partial charge in [0.1, 0.15) is 22.8 Å². The largest absolute Gasteiger partial charge is 0.508 e. The van der Waals surface area contributed by atoms with Crippen molar-refractivity contribution in [1.29, 1.82) is 0 Å². The van der Waals surface area contributed by atoms with Gasteiger partial charge in [-0.3, -0.25) is 4.40 Å². The lowest BCUT2D eigenvalue weighted by molar-refractivity contribution is 0.412. The molecule has 0 unspecified atom stereocenters. The number of benzene rings is 2. The van der Waals surface area contributed by atoms with Crippen molar-refractivity contribution in [2.24, 2.45) is 10.2 Å². The van der Waals surface area contributed by atoms with Gasteiger partial charge < -0.3 is 9.84 Å². The van der Waals surface area contributed by atoms with Gasteiger partial charge in [0, 0.05) is 17.8 Å². The van der Waals surface area contributed by atoms with Crippen LogP contribution in [0.3, 0.4) is 0 Å². The highest BCUT2D eigenvalue weighted by Gasteiger charge is 2.15. The Morgan fingerprint density at radius 2 is 1.89 bits per heavy atom. The summed E-state index contributed by atoms with van der Waals surface area (Å²) in [4.78, 5) is 4.73. The Labute approximate surface area is 156 Å². The monoisotopic (exact) mass is 358 g/mol. The van der Waals surface area contributed by atoms with E-state index in [-0.39, 0.29) is 5.75 Å². The number of methoxy groups -OCH3 is 1. The van der Waals surface area contributed by atoms with Crippen molar-refractivity contribution in [3.63, 3.8) is 0 Å². The molecule has 4 aromatic rings. The van der Waals surface area contributed by atoms with E-state index >= 15 is 0 Å². The zero-order chi connectivity index (χ0) is 18.8. The van der Waals surface area contributed by atoms with E-state index in [2.05, 4.69) is 10.2 Å². The second-order valence-electron chi connectivity index (χ2n) is 6.12. The highest BCUT2D eigenvalue weighted by molar-refractivity contribution is 5.75. The fourth-order valence-electron chi connectivity index (χ4n) is 2.96. The van der Waals surface area contributed by atoms with Crippen molar-refractivity contribution in [2.75, 3.05) is 7.11 Å². The van der Waals surface area contributed by atoms with Crippen molar-refractivity contribution in [2.45, 2.75) is 6.92 Å². The number of phenolic OH excluding ortho intramolecular Hbond substituents is 1. The van der Waals surface area contributed by atoms with E-state index in [1.165, 1.54) is 0 Å². The van der Waals surface area contributed by atoms with Gasteiger partial charge >= 0.3 is 0 Å². The minimum absolute atomic E-state index is 0.149. The van der Waals surface area contributed by atoms with Crippen molar-refractivity contribution in [3.8, 4) is 22.8 Å². The van der Waals surface area contributed by atoms with Crippen LogP contribution in [0.5, 0.6) is 11.5 Å². The molecule has 1 N–H and O–H groups in total.